The number of ether oxygens (including phenoxy) is 1. The lowest BCUT2D eigenvalue weighted by Gasteiger charge is -2.19. The van der Waals surface area contributed by atoms with Crippen molar-refractivity contribution >= 4 is 11.7 Å². The number of aromatic carboxylic acids is 1. The highest BCUT2D eigenvalue weighted by Gasteiger charge is 2.15. The van der Waals surface area contributed by atoms with Crippen molar-refractivity contribution in [2.75, 3.05) is 5.73 Å². The second-order valence-corrected chi connectivity index (χ2v) is 4.13. The molecule has 4 heteroatoms. The van der Waals surface area contributed by atoms with Crippen molar-refractivity contribution in [1.29, 1.82) is 0 Å². The quantitative estimate of drug-likeness (QED) is 0.769. The van der Waals surface area contributed by atoms with Gasteiger partial charge in [-0.05, 0) is 25.0 Å². The molecule has 4 nitrogen and oxygen atoms in total. The zero-order valence-electron chi connectivity index (χ0n) is 9.73. The highest BCUT2D eigenvalue weighted by atomic mass is 16.5. The summed E-state index contributed by atoms with van der Waals surface area (Å²) in [6.07, 6.45) is -0.0556. The summed E-state index contributed by atoms with van der Waals surface area (Å²) in [6, 6.07) is 4.55. The Kier molecular flexibility index (Phi) is 3.77. The van der Waals surface area contributed by atoms with E-state index in [1.54, 1.807) is 12.1 Å². The van der Waals surface area contributed by atoms with Crippen LogP contribution in [0.4, 0.5) is 5.69 Å². The zero-order valence-corrected chi connectivity index (χ0v) is 9.73. The van der Waals surface area contributed by atoms with Crippen LogP contribution in [0.25, 0.3) is 0 Å². The van der Waals surface area contributed by atoms with E-state index >= 15 is 0 Å². The van der Waals surface area contributed by atoms with E-state index in [1.165, 1.54) is 6.07 Å². The maximum atomic E-state index is 11.0. The van der Waals surface area contributed by atoms with E-state index in [9.17, 15) is 4.79 Å². The SMILES string of the molecule is CC(C)C(C)Oc1cc(N)ccc1C(=O)O. The fourth-order valence-electron chi connectivity index (χ4n) is 1.15. The molecule has 1 unspecified atom stereocenters. The van der Waals surface area contributed by atoms with Gasteiger partial charge in [-0.15, -0.1) is 0 Å². The molecule has 0 fully saturated rings. The van der Waals surface area contributed by atoms with Crippen LogP contribution in [-0.4, -0.2) is 17.2 Å². The number of nitrogen functional groups attached to an aromatic ring is 1. The molecular weight excluding hydrogens is 206 g/mol. The largest absolute Gasteiger partial charge is 0.489 e. The van der Waals surface area contributed by atoms with Crippen LogP contribution < -0.4 is 10.5 Å². The van der Waals surface area contributed by atoms with Gasteiger partial charge in [-0.2, -0.15) is 0 Å². The number of carboxylic acids is 1. The molecule has 0 heterocycles. The molecule has 0 aliphatic heterocycles. The van der Waals surface area contributed by atoms with E-state index in [0.29, 0.717) is 17.4 Å². The first kappa shape index (κ1) is 12.4. The number of carboxylic acid groups (broad SMARTS) is 1. The highest BCUT2D eigenvalue weighted by molar-refractivity contribution is 5.91. The average molecular weight is 223 g/mol. The van der Waals surface area contributed by atoms with Gasteiger partial charge in [-0.25, -0.2) is 4.79 Å². The minimum absolute atomic E-state index is 0.0556. The fourth-order valence-corrected chi connectivity index (χ4v) is 1.15. The normalized spacial score (nSPS) is 12.5. The fraction of sp³-hybridized carbons (Fsp3) is 0.417. The monoisotopic (exact) mass is 223 g/mol. The summed E-state index contributed by atoms with van der Waals surface area (Å²) < 4.78 is 5.59. The van der Waals surface area contributed by atoms with Crippen molar-refractivity contribution in [2.24, 2.45) is 5.92 Å². The third-order valence-corrected chi connectivity index (χ3v) is 2.49. The van der Waals surface area contributed by atoms with Gasteiger partial charge in [-0.1, -0.05) is 13.8 Å². The molecule has 88 valence electrons. The van der Waals surface area contributed by atoms with Crippen LogP contribution in [0.1, 0.15) is 31.1 Å². The molecule has 16 heavy (non-hydrogen) atoms. The second-order valence-electron chi connectivity index (χ2n) is 4.13. The first-order chi connectivity index (χ1) is 7.41. The first-order valence-electron chi connectivity index (χ1n) is 5.21. The third-order valence-electron chi connectivity index (χ3n) is 2.49. The van der Waals surface area contributed by atoms with Crippen LogP contribution in [0, 0.1) is 5.92 Å². The lowest BCUT2D eigenvalue weighted by atomic mass is 10.1. The molecule has 1 rings (SSSR count). The van der Waals surface area contributed by atoms with Crippen LogP contribution in [0.3, 0.4) is 0 Å². The van der Waals surface area contributed by atoms with Crippen molar-refractivity contribution in [3.8, 4) is 5.75 Å². The summed E-state index contributed by atoms with van der Waals surface area (Å²) in [5.41, 5.74) is 6.24. The van der Waals surface area contributed by atoms with E-state index in [2.05, 4.69) is 0 Å². The summed E-state index contributed by atoms with van der Waals surface area (Å²) in [5, 5.41) is 8.99. The third kappa shape index (κ3) is 2.89. The highest BCUT2D eigenvalue weighted by Crippen LogP contribution is 2.24. The van der Waals surface area contributed by atoms with Gasteiger partial charge in [0, 0.05) is 11.8 Å². The Bertz CT molecular complexity index is 388. The zero-order chi connectivity index (χ0) is 12.3. The van der Waals surface area contributed by atoms with Gasteiger partial charge < -0.3 is 15.6 Å². The van der Waals surface area contributed by atoms with Gasteiger partial charge in [0.15, 0.2) is 0 Å². The standard InChI is InChI=1S/C12H17NO3/c1-7(2)8(3)16-11-6-9(13)4-5-10(11)12(14)15/h4-8H,13H2,1-3H3,(H,14,15). The van der Waals surface area contributed by atoms with Gasteiger partial charge in [0.25, 0.3) is 0 Å². The van der Waals surface area contributed by atoms with Crippen LogP contribution in [0.15, 0.2) is 18.2 Å². The molecule has 0 radical (unpaired) electrons. The summed E-state index contributed by atoms with van der Waals surface area (Å²) in [6.45, 7) is 5.92. The molecule has 0 spiro atoms. The maximum Gasteiger partial charge on any atom is 0.339 e. The molecule has 1 atom stereocenters. The Morgan fingerprint density at radius 2 is 2.00 bits per heavy atom. The summed E-state index contributed by atoms with van der Waals surface area (Å²) in [7, 11) is 0. The van der Waals surface area contributed by atoms with Crippen LogP contribution in [0.2, 0.25) is 0 Å². The van der Waals surface area contributed by atoms with E-state index in [4.69, 9.17) is 15.6 Å². The molecular formula is C12H17NO3. The van der Waals surface area contributed by atoms with E-state index in [0.717, 1.165) is 0 Å². The Labute approximate surface area is 95.0 Å². The summed E-state index contributed by atoms with van der Waals surface area (Å²) >= 11 is 0. The van der Waals surface area contributed by atoms with Crippen molar-refractivity contribution < 1.29 is 14.6 Å². The van der Waals surface area contributed by atoms with E-state index < -0.39 is 5.97 Å². The van der Waals surface area contributed by atoms with Crippen LogP contribution in [0.5, 0.6) is 5.75 Å². The lowest BCUT2D eigenvalue weighted by molar-refractivity contribution is 0.0687. The molecule has 0 aliphatic carbocycles. The minimum atomic E-state index is -1.01. The Balaban J connectivity index is 3.01. The summed E-state index contributed by atoms with van der Waals surface area (Å²) in [5.74, 6) is -0.372. The van der Waals surface area contributed by atoms with E-state index in [-0.39, 0.29) is 11.7 Å². The predicted octanol–water partition coefficient (Wildman–Crippen LogP) is 2.39. The maximum absolute atomic E-state index is 11.0. The number of benzene rings is 1. The topological polar surface area (TPSA) is 72.5 Å². The van der Waals surface area contributed by atoms with Crippen molar-refractivity contribution in [3.05, 3.63) is 23.8 Å². The van der Waals surface area contributed by atoms with Crippen LogP contribution >= 0.6 is 0 Å². The first-order valence-corrected chi connectivity index (χ1v) is 5.21. The Morgan fingerprint density at radius 3 is 2.50 bits per heavy atom. The van der Waals surface area contributed by atoms with E-state index in [1.807, 2.05) is 20.8 Å². The molecule has 0 saturated heterocycles. The smallest absolute Gasteiger partial charge is 0.339 e. The number of anilines is 1. The second kappa shape index (κ2) is 4.88. The van der Waals surface area contributed by atoms with Gasteiger partial charge in [0.2, 0.25) is 0 Å². The molecule has 1 aromatic rings. The molecule has 0 bridgehead atoms. The molecule has 0 aliphatic rings. The molecule has 1 aromatic carbocycles. The minimum Gasteiger partial charge on any atom is -0.489 e. The lowest BCUT2D eigenvalue weighted by Crippen LogP contribution is -2.20. The number of hydrogen-bond acceptors (Lipinski definition) is 3. The van der Waals surface area contributed by atoms with Gasteiger partial charge >= 0.3 is 5.97 Å². The molecule has 0 aromatic heterocycles. The van der Waals surface area contributed by atoms with Crippen molar-refractivity contribution in [1.82, 2.24) is 0 Å². The summed E-state index contributed by atoms with van der Waals surface area (Å²) in [4.78, 5) is 11.0. The average Bonchev–Trinajstić information content (AvgIpc) is 2.16. The number of carbonyl (C=O) groups is 1. The van der Waals surface area contributed by atoms with Crippen molar-refractivity contribution in [3.63, 3.8) is 0 Å². The molecule has 0 amide bonds. The van der Waals surface area contributed by atoms with Gasteiger partial charge in [0.1, 0.15) is 11.3 Å². The number of nitrogens with two attached hydrogens (primary N) is 1. The van der Waals surface area contributed by atoms with Gasteiger partial charge in [0.05, 0.1) is 6.10 Å². The predicted molar refractivity (Wildman–Crippen MR) is 62.7 cm³/mol. The number of rotatable bonds is 4. The van der Waals surface area contributed by atoms with Gasteiger partial charge in [-0.3, -0.25) is 0 Å². The van der Waals surface area contributed by atoms with Crippen LogP contribution in [-0.2, 0) is 0 Å². The molecule has 3 N–H and O–H groups in total. The number of hydrogen-bond donors (Lipinski definition) is 2. The Morgan fingerprint density at radius 1 is 1.38 bits per heavy atom. The van der Waals surface area contributed by atoms with Crippen molar-refractivity contribution in [2.45, 2.75) is 26.9 Å². The Hall–Kier alpha value is -1.71. The molecule has 0 saturated carbocycles.